The molecule has 0 atom stereocenters. The zero-order valence-electron chi connectivity index (χ0n) is 19.3. The zero-order valence-corrected chi connectivity index (χ0v) is 19.3. The minimum Gasteiger partial charge on any atom is -0.502 e. The highest BCUT2D eigenvalue weighted by molar-refractivity contribution is 5.16. The molecule has 2 N–H and O–H groups in total. The second kappa shape index (κ2) is 11.3. The van der Waals surface area contributed by atoms with Crippen LogP contribution in [0.1, 0.15) is 52.1 Å². The smallest absolute Gasteiger partial charge is 0.226 e. The van der Waals surface area contributed by atoms with E-state index in [4.69, 9.17) is 18.3 Å². The van der Waals surface area contributed by atoms with E-state index in [9.17, 15) is 19.8 Å². The molecule has 0 aliphatic rings. The summed E-state index contributed by atoms with van der Waals surface area (Å²) < 4.78 is 21.9. The van der Waals surface area contributed by atoms with Crippen molar-refractivity contribution >= 4 is 0 Å². The Morgan fingerprint density at radius 2 is 1.09 bits per heavy atom. The third-order valence-corrected chi connectivity index (χ3v) is 5.26. The van der Waals surface area contributed by atoms with Crippen molar-refractivity contribution in [3.05, 3.63) is 56.6 Å². The van der Waals surface area contributed by atoms with Gasteiger partial charge in [0.25, 0.3) is 0 Å². The monoisotopic (exact) mass is 450 g/mol. The van der Waals surface area contributed by atoms with Crippen LogP contribution in [0.4, 0.5) is 0 Å². The predicted octanol–water partition coefficient (Wildman–Crippen LogP) is 3.66. The molecule has 0 saturated heterocycles. The minimum atomic E-state index is -0.439. The van der Waals surface area contributed by atoms with Crippen molar-refractivity contribution in [1.29, 1.82) is 0 Å². The van der Waals surface area contributed by atoms with E-state index in [0.29, 0.717) is 50.8 Å². The SMILES string of the molecule is CC(C)(CCOCCOCCC(C)(C)Cc1cc(=O)c(O)co1)Cc1cc(=O)c(O)co1. The average Bonchev–Trinajstić information content (AvgIpc) is 2.69. The molecule has 0 aliphatic carbocycles. The summed E-state index contributed by atoms with van der Waals surface area (Å²) in [5.74, 6) is 0.307. The summed E-state index contributed by atoms with van der Waals surface area (Å²) in [7, 11) is 0. The molecule has 2 heterocycles. The topological polar surface area (TPSA) is 119 Å². The molecule has 0 amide bonds. The minimum absolute atomic E-state index is 0.124. The molecule has 0 aromatic carbocycles. The number of aromatic hydroxyl groups is 2. The molecule has 0 fully saturated rings. The molecule has 2 aromatic heterocycles. The van der Waals surface area contributed by atoms with Gasteiger partial charge in [-0.25, -0.2) is 0 Å². The molecular weight excluding hydrogens is 416 g/mol. The Balaban J connectivity index is 1.60. The van der Waals surface area contributed by atoms with Crippen LogP contribution >= 0.6 is 0 Å². The molecule has 178 valence electrons. The molecule has 2 rings (SSSR count). The van der Waals surface area contributed by atoms with Gasteiger partial charge in [0.1, 0.15) is 24.0 Å². The lowest BCUT2D eigenvalue weighted by atomic mass is 9.85. The van der Waals surface area contributed by atoms with Gasteiger partial charge in [0.05, 0.1) is 13.2 Å². The summed E-state index contributed by atoms with van der Waals surface area (Å²) in [6, 6.07) is 2.64. The fraction of sp³-hybridized carbons (Fsp3) is 0.583. The second-order valence-electron chi connectivity index (χ2n) is 9.60. The highest BCUT2D eigenvalue weighted by Gasteiger charge is 2.21. The Morgan fingerprint density at radius 3 is 1.44 bits per heavy atom. The molecule has 32 heavy (non-hydrogen) atoms. The van der Waals surface area contributed by atoms with Gasteiger partial charge in [0.15, 0.2) is 11.5 Å². The Labute approximate surface area is 187 Å². The summed E-state index contributed by atoms with van der Waals surface area (Å²) in [6.07, 6.45) is 4.84. The van der Waals surface area contributed by atoms with Gasteiger partial charge >= 0.3 is 0 Å². The van der Waals surface area contributed by atoms with Gasteiger partial charge in [-0.2, -0.15) is 0 Å². The predicted molar refractivity (Wildman–Crippen MR) is 119 cm³/mol. The van der Waals surface area contributed by atoms with Crippen LogP contribution in [-0.2, 0) is 22.3 Å². The van der Waals surface area contributed by atoms with Crippen LogP contribution in [0.5, 0.6) is 11.5 Å². The van der Waals surface area contributed by atoms with Gasteiger partial charge in [-0.05, 0) is 23.7 Å². The van der Waals surface area contributed by atoms with Crippen molar-refractivity contribution in [2.24, 2.45) is 10.8 Å². The van der Waals surface area contributed by atoms with Gasteiger partial charge in [-0.1, -0.05) is 27.7 Å². The number of hydrogen-bond donors (Lipinski definition) is 2. The highest BCUT2D eigenvalue weighted by Crippen LogP contribution is 2.27. The second-order valence-corrected chi connectivity index (χ2v) is 9.60. The van der Waals surface area contributed by atoms with Crippen LogP contribution in [0, 0.1) is 10.8 Å². The highest BCUT2D eigenvalue weighted by atomic mass is 16.5. The lowest BCUT2D eigenvalue weighted by Gasteiger charge is -2.24. The summed E-state index contributed by atoms with van der Waals surface area (Å²) in [4.78, 5) is 23.0. The molecule has 0 unspecified atom stereocenters. The first-order chi connectivity index (χ1) is 15.0. The van der Waals surface area contributed by atoms with Gasteiger partial charge in [-0.15, -0.1) is 0 Å². The molecule has 0 aliphatic heterocycles. The normalized spacial score (nSPS) is 12.2. The maximum Gasteiger partial charge on any atom is 0.226 e. The van der Waals surface area contributed by atoms with E-state index >= 15 is 0 Å². The van der Waals surface area contributed by atoms with E-state index in [1.165, 1.54) is 12.1 Å². The van der Waals surface area contributed by atoms with E-state index in [2.05, 4.69) is 27.7 Å². The van der Waals surface area contributed by atoms with Gasteiger partial charge < -0.3 is 28.5 Å². The van der Waals surface area contributed by atoms with Crippen LogP contribution in [0.25, 0.3) is 0 Å². The van der Waals surface area contributed by atoms with Crippen molar-refractivity contribution in [2.75, 3.05) is 26.4 Å². The van der Waals surface area contributed by atoms with E-state index in [1.54, 1.807) is 0 Å². The average molecular weight is 451 g/mol. The van der Waals surface area contributed by atoms with Crippen molar-refractivity contribution in [3.8, 4) is 11.5 Å². The zero-order chi connectivity index (χ0) is 23.8. The van der Waals surface area contributed by atoms with Crippen molar-refractivity contribution in [2.45, 2.75) is 53.4 Å². The third kappa shape index (κ3) is 8.88. The van der Waals surface area contributed by atoms with Crippen LogP contribution < -0.4 is 10.9 Å². The first-order valence-electron chi connectivity index (χ1n) is 10.7. The van der Waals surface area contributed by atoms with Gasteiger partial charge in [0, 0.05) is 38.2 Å². The van der Waals surface area contributed by atoms with Crippen LogP contribution in [-0.4, -0.2) is 36.6 Å². The number of rotatable bonds is 13. The third-order valence-electron chi connectivity index (χ3n) is 5.26. The van der Waals surface area contributed by atoms with Crippen LogP contribution in [0.2, 0.25) is 0 Å². The maximum absolute atomic E-state index is 11.5. The molecular formula is C24H34O8. The van der Waals surface area contributed by atoms with E-state index < -0.39 is 10.9 Å². The molecule has 0 spiro atoms. The van der Waals surface area contributed by atoms with Crippen LogP contribution in [0.15, 0.2) is 43.1 Å². The molecule has 2 aromatic rings. The number of hydrogen-bond acceptors (Lipinski definition) is 8. The first kappa shape index (κ1) is 25.7. The van der Waals surface area contributed by atoms with Crippen molar-refractivity contribution in [1.82, 2.24) is 0 Å². The first-order valence-corrected chi connectivity index (χ1v) is 10.7. The lowest BCUT2D eigenvalue weighted by Crippen LogP contribution is -2.20. The molecule has 0 radical (unpaired) electrons. The van der Waals surface area contributed by atoms with Gasteiger partial charge in [-0.3, -0.25) is 9.59 Å². The maximum atomic E-state index is 11.5. The van der Waals surface area contributed by atoms with E-state index in [1.807, 2.05) is 0 Å². The fourth-order valence-corrected chi connectivity index (χ4v) is 3.21. The van der Waals surface area contributed by atoms with Crippen molar-refractivity contribution in [3.63, 3.8) is 0 Å². The fourth-order valence-electron chi connectivity index (χ4n) is 3.21. The van der Waals surface area contributed by atoms with Crippen LogP contribution in [0.3, 0.4) is 0 Å². The van der Waals surface area contributed by atoms with E-state index in [0.717, 1.165) is 25.4 Å². The Kier molecular flexibility index (Phi) is 9.09. The summed E-state index contributed by atoms with van der Waals surface area (Å²) in [5.41, 5.74) is -1.13. The molecule has 8 heteroatoms. The Morgan fingerprint density at radius 1 is 0.719 bits per heavy atom. The molecule has 8 nitrogen and oxygen atoms in total. The Hall–Kier alpha value is -2.58. The van der Waals surface area contributed by atoms with Crippen molar-refractivity contribution < 1.29 is 28.5 Å². The molecule has 0 bridgehead atoms. The number of ether oxygens (including phenoxy) is 2. The summed E-state index contributed by atoms with van der Waals surface area (Å²) in [5, 5.41) is 18.5. The van der Waals surface area contributed by atoms with E-state index in [-0.39, 0.29) is 22.3 Å². The Bertz CT molecular complexity index is 891. The quantitative estimate of drug-likeness (QED) is 0.444. The summed E-state index contributed by atoms with van der Waals surface area (Å²) >= 11 is 0. The molecule has 0 saturated carbocycles. The lowest BCUT2D eigenvalue weighted by molar-refractivity contribution is 0.0280. The van der Waals surface area contributed by atoms with Gasteiger partial charge in [0.2, 0.25) is 10.9 Å². The standard InChI is InChI=1S/C24H34O8/c1-23(2,13-17-11-19(25)21(27)15-31-17)5-7-29-9-10-30-8-6-24(3,4)14-18-12-20(26)22(28)16-32-18/h11-12,15-16,27-28H,5-10,13-14H2,1-4H3. The summed E-state index contributed by atoms with van der Waals surface area (Å²) in [6.45, 7) is 10.4. The largest absolute Gasteiger partial charge is 0.502 e.